The van der Waals surface area contributed by atoms with E-state index in [-0.39, 0.29) is 12.0 Å². The highest BCUT2D eigenvalue weighted by molar-refractivity contribution is 5.52. The van der Waals surface area contributed by atoms with E-state index in [4.69, 9.17) is 5.73 Å². The van der Waals surface area contributed by atoms with E-state index in [2.05, 4.69) is 104 Å². The third-order valence-electron chi connectivity index (χ3n) is 7.96. The van der Waals surface area contributed by atoms with Crippen LogP contribution in [0.25, 0.3) is 0 Å². The van der Waals surface area contributed by atoms with Crippen LogP contribution in [0, 0.1) is 10.1 Å². The Morgan fingerprint density at radius 1 is 0.571 bits per heavy atom. The molecule has 0 aliphatic carbocycles. The second-order valence-corrected chi connectivity index (χ2v) is 12.4. The highest BCUT2D eigenvalue weighted by Gasteiger charge is 2.19. The smallest absolute Gasteiger partial charge is 0.272 e. The third kappa shape index (κ3) is 8.09. The first kappa shape index (κ1) is 32.6. The SMILES string of the molecule is CC(C)c1cccc(C(C)C)c1Cc1ccccc1N.CC(C)c1cccc(C(C)C)c1Cc1ccccc1[N+](=O)[O-].[HH]. The maximum absolute atomic E-state index is 11.3. The van der Waals surface area contributed by atoms with Gasteiger partial charge in [0.05, 0.1) is 4.92 Å². The summed E-state index contributed by atoms with van der Waals surface area (Å²) in [5.41, 5.74) is 17.4. The number of nitro benzene ring substituents is 1. The highest BCUT2D eigenvalue weighted by Crippen LogP contribution is 2.33. The molecule has 0 heterocycles. The summed E-state index contributed by atoms with van der Waals surface area (Å²) in [7, 11) is 0. The van der Waals surface area contributed by atoms with Gasteiger partial charge in [-0.05, 0) is 68.7 Å². The number of nitrogens with two attached hydrogens (primary N) is 1. The molecule has 0 spiro atoms. The van der Waals surface area contributed by atoms with E-state index in [0.29, 0.717) is 30.1 Å². The quantitative estimate of drug-likeness (QED) is 0.124. The van der Waals surface area contributed by atoms with Gasteiger partial charge < -0.3 is 5.73 Å². The molecule has 0 bridgehead atoms. The predicted molar refractivity (Wildman–Crippen MR) is 181 cm³/mol. The predicted octanol–water partition coefficient (Wildman–Crippen LogP) is 10.8. The van der Waals surface area contributed by atoms with Crippen molar-refractivity contribution < 1.29 is 6.35 Å². The fraction of sp³-hybridized carbons (Fsp3) is 0.368. The van der Waals surface area contributed by atoms with Crippen molar-refractivity contribution in [3.8, 4) is 0 Å². The van der Waals surface area contributed by atoms with Crippen LogP contribution < -0.4 is 5.73 Å². The number of hydrogen-bond acceptors (Lipinski definition) is 3. The van der Waals surface area contributed by atoms with Crippen LogP contribution in [0.1, 0.15) is 125 Å². The maximum Gasteiger partial charge on any atom is 0.272 e. The van der Waals surface area contributed by atoms with Crippen molar-refractivity contribution in [1.29, 1.82) is 0 Å². The van der Waals surface area contributed by atoms with Gasteiger partial charge >= 0.3 is 0 Å². The molecule has 224 valence electrons. The van der Waals surface area contributed by atoms with E-state index in [1.165, 1.54) is 38.9 Å². The standard InChI is InChI=1S/C19H23NO2.C19H25N.H2/c1-13(2)16-9-7-10-17(14(3)4)18(16)12-15-8-5-6-11-19(15)20(21)22;1-13(2)16-9-7-10-17(14(3)4)18(16)12-15-8-5-6-11-19(15)20;/h5-11,13-14H,12H2,1-4H3;5-11,13-14H,12,20H2,1-4H3;1H. The zero-order chi connectivity index (χ0) is 31.0. The van der Waals surface area contributed by atoms with Crippen LogP contribution in [0.4, 0.5) is 11.4 Å². The Labute approximate surface area is 254 Å². The highest BCUT2D eigenvalue weighted by atomic mass is 16.6. The molecule has 2 N–H and O–H groups in total. The van der Waals surface area contributed by atoms with Crippen LogP contribution in [0.5, 0.6) is 0 Å². The van der Waals surface area contributed by atoms with Gasteiger partial charge in [-0.25, -0.2) is 0 Å². The second-order valence-electron chi connectivity index (χ2n) is 12.4. The van der Waals surface area contributed by atoms with Gasteiger partial charge in [-0.1, -0.05) is 128 Å². The molecule has 4 heteroatoms. The van der Waals surface area contributed by atoms with Crippen LogP contribution in [0.2, 0.25) is 0 Å². The van der Waals surface area contributed by atoms with Crippen molar-refractivity contribution in [2.24, 2.45) is 0 Å². The van der Waals surface area contributed by atoms with Crippen LogP contribution in [-0.4, -0.2) is 4.92 Å². The fourth-order valence-electron chi connectivity index (χ4n) is 5.73. The van der Waals surface area contributed by atoms with E-state index in [1.807, 2.05) is 24.3 Å². The van der Waals surface area contributed by atoms with Crippen molar-refractivity contribution in [1.82, 2.24) is 0 Å². The molecule has 0 saturated heterocycles. The first-order chi connectivity index (χ1) is 19.9. The fourth-order valence-corrected chi connectivity index (χ4v) is 5.73. The number of nitro groups is 1. The first-order valence-electron chi connectivity index (χ1n) is 15.2. The van der Waals surface area contributed by atoms with E-state index >= 15 is 0 Å². The van der Waals surface area contributed by atoms with Crippen molar-refractivity contribution in [3.63, 3.8) is 0 Å². The molecule has 0 aliphatic heterocycles. The van der Waals surface area contributed by atoms with Crippen LogP contribution in [0.15, 0.2) is 84.9 Å². The molecule has 4 aromatic carbocycles. The molecule has 0 atom stereocenters. The number of benzene rings is 4. The Bertz CT molecular complexity index is 1440. The van der Waals surface area contributed by atoms with E-state index in [0.717, 1.165) is 17.7 Å². The average molecular weight is 567 g/mol. The molecule has 0 unspecified atom stereocenters. The van der Waals surface area contributed by atoms with Gasteiger partial charge in [-0.2, -0.15) is 0 Å². The lowest BCUT2D eigenvalue weighted by atomic mass is 9.85. The lowest BCUT2D eigenvalue weighted by molar-refractivity contribution is -0.385. The Morgan fingerprint density at radius 2 is 0.929 bits per heavy atom. The summed E-state index contributed by atoms with van der Waals surface area (Å²) in [6.45, 7) is 17.7. The average Bonchev–Trinajstić information content (AvgIpc) is 2.94. The number of hydrogen-bond donors (Lipinski definition) is 1. The van der Waals surface area contributed by atoms with Gasteiger partial charge in [-0.15, -0.1) is 0 Å². The van der Waals surface area contributed by atoms with E-state index < -0.39 is 0 Å². The molecule has 0 aromatic heterocycles. The molecule has 42 heavy (non-hydrogen) atoms. The number of nitrogens with zero attached hydrogens (tertiary/aromatic N) is 1. The number of nitrogen functional groups attached to an aromatic ring is 1. The number of anilines is 1. The molecule has 0 radical (unpaired) electrons. The minimum Gasteiger partial charge on any atom is -0.398 e. The second kappa shape index (κ2) is 14.8. The molecule has 0 amide bonds. The monoisotopic (exact) mass is 566 g/mol. The lowest BCUT2D eigenvalue weighted by Crippen LogP contribution is -2.05. The Balaban J connectivity index is 0.000000295. The minimum absolute atomic E-state index is 0. The van der Waals surface area contributed by atoms with Crippen molar-refractivity contribution in [2.45, 2.75) is 91.9 Å². The van der Waals surface area contributed by atoms with Crippen molar-refractivity contribution >= 4 is 11.4 Å². The summed E-state index contributed by atoms with van der Waals surface area (Å²) >= 11 is 0. The van der Waals surface area contributed by atoms with Gasteiger partial charge in [0.2, 0.25) is 0 Å². The maximum atomic E-state index is 11.3. The third-order valence-corrected chi connectivity index (χ3v) is 7.96. The van der Waals surface area contributed by atoms with Gasteiger partial charge in [0, 0.05) is 31.6 Å². The summed E-state index contributed by atoms with van der Waals surface area (Å²) in [5, 5.41) is 11.3. The molecule has 0 fully saturated rings. The molecule has 4 nitrogen and oxygen atoms in total. The summed E-state index contributed by atoms with van der Waals surface area (Å²) in [6, 6.07) is 28.3. The van der Waals surface area contributed by atoms with Gasteiger partial charge in [0.1, 0.15) is 0 Å². The molecule has 4 aromatic rings. The first-order valence-corrected chi connectivity index (χ1v) is 15.2. The van der Waals surface area contributed by atoms with Gasteiger partial charge in [-0.3, -0.25) is 10.1 Å². The summed E-state index contributed by atoms with van der Waals surface area (Å²) < 4.78 is 0. The lowest BCUT2D eigenvalue weighted by Gasteiger charge is -2.20. The Kier molecular flexibility index (Phi) is 11.5. The zero-order valence-corrected chi connectivity index (χ0v) is 26.6. The topological polar surface area (TPSA) is 69.2 Å². The minimum atomic E-state index is -0.289. The van der Waals surface area contributed by atoms with Crippen molar-refractivity contribution in [2.75, 3.05) is 5.73 Å². The normalized spacial score (nSPS) is 11.2. The molecule has 0 saturated carbocycles. The Morgan fingerprint density at radius 3 is 1.31 bits per heavy atom. The molecular formula is C38H50N2O2. The van der Waals surface area contributed by atoms with Crippen LogP contribution in [0.3, 0.4) is 0 Å². The largest absolute Gasteiger partial charge is 0.398 e. The number of rotatable bonds is 9. The number of para-hydroxylation sites is 2. The molecule has 4 rings (SSSR count). The molecule has 0 aliphatic rings. The van der Waals surface area contributed by atoms with Gasteiger partial charge in [0.25, 0.3) is 5.69 Å². The Hall–Kier alpha value is -3.92. The van der Waals surface area contributed by atoms with Crippen molar-refractivity contribution in [3.05, 3.63) is 140 Å². The zero-order valence-electron chi connectivity index (χ0n) is 26.6. The summed E-state index contributed by atoms with van der Waals surface area (Å²) in [4.78, 5) is 11.0. The van der Waals surface area contributed by atoms with Gasteiger partial charge in [0.15, 0.2) is 0 Å². The summed E-state index contributed by atoms with van der Waals surface area (Å²) in [5.74, 6) is 1.87. The van der Waals surface area contributed by atoms with E-state index in [9.17, 15) is 10.1 Å². The summed E-state index contributed by atoms with van der Waals surface area (Å²) in [6.07, 6.45) is 1.54. The van der Waals surface area contributed by atoms with Crippen LogP contribution in [-0.2, 0) is 12.8 Å². The van der Waals surface area contributed by atoms with Crippen LogP contribution >= 0.6 is 0 Å². The van der Waals surface area contributed by atoms with E-state index in [1.54, 1.807) is 12.1 Å². The molecular weight excluding hydrogens is 516 g/mol.